The van der Waals surface area contributed by atoms with Crippen LogP contribution in [0.15, 0.2) is 42.5 Å². The second-order valence-electron chi connectivity index (χ2n) is 9.05. The van der Waals surface area contributed by atoms with E-state index in [0.717, 1.165) is 30.7 Å². The van der Waals surface area contributed by atoms with Gasteiger partial charge in [-0.2, -0.15) is 5.26 Å². The number of nitriles is 1. The van der Waals surface area contributed by atoms with E-state index in [1.165, 1.54) is 37.7 Å². The molecule has 3 rings (SSSR count). The molecule has 0 heterocycles. The normalized spacial score (nSPS) is 19.4. The van der Waals surface area contributed by atoms with Gasteiger partial charge in [0.05, 0.1) is 11.1 Å². The molecule has 0 aromatic heterocycles. The van der Waals surface area contributed by atoms with Crippen molar-refractivity contribution in [3.63, 3.8) is 0 Å². The Balaban J connectivity index is 1.65. The highest BCUT2D eigenvalue weighted by molar-refractivity contribution is 5.91. The summed E-state index contributed by atoms with van der Waals surface area (Å²) in [5.41, 5.74) is 3.37. The third kappa shape index (κ3) is 5.97. The SMILES string of the molecule is CCCCC(C)c1ccc(OC(=O)c2ccc(C3CCC(CC)CC3)cc2)c(C#N)c1. The van der Waals surface area contributed by atoms with Crippen LogP contribution in [0.25, 0.3) is 0 Å². The number of hydrogen-bond acceptors (Lipinski definition) is 3. The molecule has 1 fully saturated rings. The summed E-state index contributed by atoms with van der Waals surface area (Å²) < 4.78 is 5.59. The molecule has 164 valence electrons. The van der Waals surface area contributed by atoms with Gasteiger partial charge in [0.1, 0.15) is 11.8 Å². The summed E-state index contributed by atoms with van der Waals surface area (Å²) in [4.78, 5) is 12.7. The van der Waals surface area contributed by atoms with Crippen LogP contribution in [0.2, 0.25) is 0 Å². The lowest BCUT2D eigenvalue weighted by atomic mass is 9.78. The quantitative estimate of drug-likeness (QED) is 0.326. The van der Waals surface area contributed by atoms with Gasteiger partial charge in [-0.25, -0.2) is 4.79 Å². The molecule has 0 aliphatic heterocycles. The minimum Gasteiger partial charge on any atom is -0.422 e. The van der Waals surface area contributed by atoms with E-state index in [2.05, 4.69) is 39.0 Å². The molecule has 0 amide bonds. The fraction of sp³-hybridized carbons (Fsp3) is 0.500. The molecule has 0 spiro atoms. The van der Waals surface area contributed by atoms with E-state index in [0.29, 0.717) is 28.7 Å². The number of carbonyl (C=O) groups is 1. The zero-order valence-electron chi connectivity index (χ0n) is 19.2. The molecule has 3 nitrogen and oxygen atoms in total. The van der Waals surface area contributed by atoms with Crippen molar-refractivity contribution in [1.82, 2.24) is 0 Å². The molecule has 0 radical (unpaired) electrons. The Bertz CT molecular complexity index is 902. The van der Waals surface area contributed by atoms with Crippen LogP contribution in [0.5, 0.6) is 5.75 Å². The van der Waals surface area contributed by atoms with Gasteiger partial charge in [0.25, 0.3) is 0 Å². The lowest BCUT2D eigenvalue weighted by Gasteiger charge is -2.28. The van der Waals surface area contributed by atoms with Crippen LogP contribution >= 0.6 is 0 Å². The summed E-state index contributed by atoms with van der Waals surface area (Å²) in [6, 6.07) is 15.6. The standard InChI is InChI=1S/C28H35NO2/c1-4-6-7-20(3)25-16-17-27(26(18-25)19-29)31-28(30)24-14-12-23(13-15-24)22-10-8-21(5-2)9-11-22/h12-18,20-22H,4-11H2,1-3H3. The Kier molecular flexibility index (Phi) is 8.29. The van der Waals surface area contributed by atoms with Gasteiger partial charge < -0.3 is 4.74 Å². The predicted octanol–water partition coefficient (Wildman–Crippen LogP) is 7.75. The third-order valence-corrected chi connectivity index (χ3v) is 6.93. The maximum Gasteiger partial charge on any atom is 0.343 e. The maximum atomic E-state index is 12.7. The predicted molar refractivity (Wildman–Crippen MR) is 125 cm³/mol. The number of esters is 1. The van der Waals surface area contributed by atoms with E-state index in [4.69, 9.17) is 4.74 Å². The molecule has 1 aliphatic rings. The minimum atomic E-state index is -0.412. The number of ether oxygens (including phenoxy) is 1. The number of unbranched alkanes of at least 4 members (excludes halogenated alkanes) is 1. The molecular weight excluding hydrogens is 382 g/mol. The zero-order chi connectivity index (χ0) is 22.2. The molecule has 1 atom stereocenters. The molecular formula is C28H35NO2. The van der Waals surface area contributed by atoms with Crippen LogP contribution in [0.3, 0.4) is 0 Å². The summed E-state index contributed by atoms with van der Waals surface area (Å²) in [6.45, 7) is 6.64. The van der Waals surface area contributed by atoms with Gasteiger partial charge in [-0.05, 0) is 85.3 Å². The average Bonchev–Trinajstić information content (AvgIpc) is 2.82. The molecule has 0 saturated heterocycles. The molecule has 31 heavy (non-hydrogen) atoms. The first-order chi connectivity index (χ1) is 15.0. The number of carbonyl (C=O) groups excluding carboxylic acids is 1. The lowest BCUT2D eigenvalue weighted by molar-refractivity contribution is 0.0734. The number of nitrogens with zero attached hydrogens (tertiary/aromatic N) is 1. The van der Waals surface area contributed by atoms with Gasteiger partial charge >= 0.3 is 5.97 Å². The van der Waals surface area contributed by atoms with Gasteiger partial charge in [-0.15, -0.1) is 0 Å². The van der Waals surface area contributed by atoms with Crippen molar-refractivity contribution < 1.29 is 9.53 Å². The molecule has 1 aliphatic carbocycles. The first-order valence-electron chi connectivity index (χ1n) is 11.9. The summed E-state index contributed by atoms with van der Waals surface area (Å²) in [5.74, 6) is 1.78. The molecule has 3 heteroatoms. The van der Waals surface area contributed by atoms with Gasteiger partial charge in [-0.3, -0.25) is 0 Å². The Morgan fingerprint density at radius 1 is 1.10 bits per heavy atom. The van der Waals surface area contributed by atoms with Crippen molar-refractivity contribution in [3.05, 3.63) is 64.7 Å². The van der Waals surface area contributed by atoms with Crippen molar-refractivity contribution in [2.45, 2.75) is 84.0 Å². The number of benzene rings is 2. The maximum absolute atomic E-state index is 12.7. The van der Waals surface area contributed by atoms with Gasteiger partial charge in [0, 0.05) is 0 Å². The lowest BCUT2D eigenvalue weighted by Crippen LogP contribution is -2.13. The Morgan fingerprint density at radius 2 is 1.81 bits per heavy atom. The van der Waals surface area contributed by atoms with E-state index in [1.807, 2.05) is 24.3 Å². The van der Waals surface area contributed by atoms with Crippen LogP contribution in [0, 0.1) is 17.2 Å². The van der Waals surface area contributed by atoms with E-state index in [1.54, 1.807) is 6.07 Å². The summed E-state index contributed by atoms with van der Waals surface area (Å²) in [7, 11) is 0. The zero-order valence-corrected chi connectivity index (χ0v) is 19.2. The Hall–Kier alpha value is -2.60. The molecule has 2 aromatic carbocycles. The Morgan fingerprint density at radius 3 is 2.42 bits per heavy atom. The van der Waals surface area contributed by atoms with Crippen LogP contribution in [-0.4, -0.2) is 5.97 Å². The van der Waals surface area contributed by atoms with E-state index in [9.17, 15) is 10.1 Å². The third-order valence-electron chi connectivity index (χ3n) is 6.93. The molecule has 1 saturated carbocycles. The van der Waals surface area contributed by atoms with Gasteiger partial charge in [0.2, 0.25) is 0 Å². The van der Waals surface area contributed by atoms with E-state index < -0.39 is 5.97 Å². The topological polar surface area (TPSA) is 50.1 Å². The first-order valence-corrected chi connectivity index (χ1v) is 11.9. The second kappa shape index (κ2) is 11.1. The molecule has 0 N–H and O–H groups in total. The van der Waals surface area contributed by atoms with Crippen molar-refractivity contribution in [2.24, 2.45) is 5.92 Å². The van der Waals surface area contributed by atoms with E-state index in [-0.39, 0.29) is 0 Å². The fourth-order valence-corrected chi connectivity index (χ4v) is 4.66. The van der Waals surface area contributed by atoms with Crippen molar-refractivity contribution in [2.75, 3.05) is 0 Å². The number of hydrogen-bond donors (Lipinski definition) is 0. The second-order valence-corrected chi connectivity index (χ2v) is 9.05. The highest BCUT2D eigenvalue weighted by Crippen LogP contribution is 2.37. The summed E-state index contributed by atoms with van der Waals surface area (Å²) in [5, 5.41) is 9.56. The van der Waals surface area contributed by atoms with Crippen LogP contribution in [-0.2, 0) is 0 Å². The summed E-state index contributed by atoms with van der Waals surface area (Å²) >= 11 is 0. The van der Waals surface area contributed by atoms with Crippen molar-refractivity contribution >= 4 is 5.97 Å². The molecule has 0 bridgehead atoms. The molecule has 1 unspecified atom stereocenters. The average molecular weight is 418 g/mol. The first kappa shape index (κ1) is 23.1. The van der Waals surface area contributed by atoms with Crippen LogP contribution in [0.1, 0.15) is 111 Å². The number of rotatable bonds is 8. The van der Waals surface area contributed by atoms with Crippen LogP contribution < -0.4 is 4.74 Å². The smallest absolute Gasteiger partial charge is 0.343 e. The minimum absolute atomic E-state index is 0.334. The highest BCUT2D eigenvalue weighted by Gasteiger charge is 2.22. The highest BCUT2D eigenvalue weighted by atomic mass is 16.5. The van der Waals surface area contributed by atoms with Crippen molar-refractivity contribution in [1.29, 1.82) is 5.26 Å². The Labute approximate surface area is 187 Å². The van der Waals surface area contributed by atoms with Gasteiger partial charge in [0.15, 0.2) is 0 Å². The van der Waals surface area contributed by atoms with Crippen LogP contribution in [0.4, 0.5) is 0 Å². The van der Waals surface area contributed by atoms with E-state index >= 15 is 0 Å². The van der Waals surface area contributed by atoms with Gasteiger partial charge in [-0.1, -0.05) is 58.2 Å². The monoisotopic (exact) mass is 417 g/mol. The van der Waals surface area contributed by atoms with Crippen molar-refractivity contribution in [3.8, 4) is 11.8 Å². The summed E-state index contributed by atoms with van der Waals surface area (Å²) in [6.07, 6.45) is 9.76. The molecule has 2 aromatic rings. The fourth-order valence-electron chi connectivity index (χ4n) is 4.66. The largest absolute Gasteiger partial charge is 0.422 e.